The van der Waals surface area contributed by atoms with Gasteiger partial charge in [-0.1, -0.05) is 22.0 Å². The van der Waals surface area contributed by atoms with Crippen molar-refractivity contribution >= 4 is 15.9 Å². The molecule has 15 heavy (non-hydrogen) atoms. The van der Waals surface area contributed by atoms with E-state index in [1.54, 1.807) is 0 Å². The summed E-state index contributed by atoms with van der Waals surface area (Å²) in [6.45, 7) is -0.546. The molecule has 0 spiro atoms. The molecule has 0 aromatic heterocycles. The average molecular weight is 285 g/mol. The van der Waals surface area contributed by atoms with Crippen LogP contribution in [0.3, 0.4) is 0 Å². The predicted molar refractivity (Wildman–Crippen MR) is 51.1 cm³/mol. The van der Waals surface area contributed by atoms with Gasteiger partial charge < -0.3 is 10.2 Å². The van der Waals surface area contributed by atoms with E-state index in [0.29, 0.717) is 4.47 Å². The first-order valence-electron chi connectivity index (χ1n) is 4.00. The highest BCUT2D eigenvalue weighted by Crippen LogP contribution is 2.35. The molecule has 0 heterocycles. The number of benzene rings is 1. The monoisotopic (exact) mass is 284 g/mol. The number of rotatable bonds is 2. The Kier molecular flexibility index (Phi) is 3.75. The lowest BCUT2D eigenvalue weighted by Crippen LogP contribution is -2.21. The summed E-state index contributed by atoms with van der Waals surface area (Å²) in [6, 6.07) is 3.97. The molecule has 0 aliphatic carbocycles. The third kappa shape index (κ3) is 2.93. The molecule has 1 aromatic rings. The summed E-state index contributed by atoms with van der Waals surface area (Å²) in [5, 5.41) is 17.9. The van der Waals surface area contributed by atoms with Crippen LogP contribution in [0.2, 0.25) is 0 Å². The molecule has 6 heteroatoms. The first-order chi connectivity index (χ1) is 6.86. The molecular weight excluding hydrogens is 277 g/mol. The zero-order chi connectivity index (χ0) is 11.6. The van der Waals surface area contributed by atoms with E-state index >= 15 is 0 Å². The van der Waals surface area contributed by atoms with Crippen LogP contribution in [0.25, 0.3) is 0 Å². The predicted octanol–water partition coefficient (Wildman–Crippen LogP) is 2.54. The maximum absolute atomic E-state index is 12.2. The average Bonchev–Trinajstić information content (AvgIpc) is 2.15. The summed E-state index contributed by atoms with van der Waals surface area (Å²) in [6.07, 6.45) is -7.30. The van der Waals surface area contributed by atoms with Crippen LogP contribution in [0, 0.1) is 0 Å². The number of aliphatic hydroxyl groups is 2. The molecule has 0 radical (unpaired) electrons. The van der Waals surface area contributed by atoms with Crippen molar-refractivity contribution in [2.75, 3.05) is 0 Å². The van der Waals surface area contributed by atoms with Gasteiger partial charge in [0.1, 0.15) is 0 Å². The molecule has 0 fully saturated rings. The molecule has 0 amide bonds. The first kappa shape index (κ1) is 12.5. The van der Waals surface area contributed by atoms with Gasteiger partial charge in [-0.15, -0.1) is 0 Å². The summed E-state index contributed by atoms with van der Waals surface area (Å²) in [4.78, 5) is 0. The summed E-state index contributed by atoms with van der Waals surface area (Å²) >= 11 is 3.00. The van der Waals surface area contributed by atoms with Gasteiger partial charge in [0, 0.05) is 4.47 Å². The SMILES string of the molecule is OCc1ccc(Br)cc1C(O)C(F)(F)F. The zero-order valence-corrected chi connectivity index (χ0v) is 9.01. The Balaban J connectivity index is 3.17. The lowest BCUT2D eigenvalue weighted by molar-refractivity contribution is -0.207. The summed E-state index contributed by atoms with van der Waals surface area (Å²) in [5.41, 5.74) is -0.276. The molecule has 1 aromatic carbocycles. The van der Waals surface area contributed by atoms with Gasteiger partial charge >= 0.3 is 6.18 Å². The summed E-state index contributed by atoms with van der Waals surface area (Å²) in [7, 11) is 0. The zero-order valence-electron chi connectivity index (χ0n) is 7.42. The highest BCUT2D eigenvalue weighted by atomic mass is 79.9. The molecule has 2 N–H and O–H groups in total. The van der Waals surface area contributed by atoms with Gasteiger partial charge in [0.2, 0.25) is 0 Å². The number of hydrogen-bond acceptors (Lipinski definition) is 2. The second-order valence-electron chi connectivity index (χ2n) is 2.95. The van der Waals surface area contributed by atoms with Crippen LogP contribution in [0.15, 0.2) is 22.7 Å². The standard InChI is InChI=1S/C9H8BrF3O2/c10-6-2-1-5(4-14)7(3-6)8(15)9(11,12)13/h1-3,8,14-15H,4H2. The molecule has 1 unspecified atom stereocenters. The minimum atomic E-state index is -4.73. The van der Waals surface area contributed by atoms with Crippen LogP contribution in [0.5, 0.6) is 0 Å². The molecule has 2 nitrogen and oxygen atoms in total. The second kappa shape index (κ2) is 4.51. The topological polar surface area (TPSA) is 40.5 Å². The Hall–Kier alpha value is -0.590. The van der Waals surface area contributed by atoms with Crippen molar-refractivity contribution < 1.29 is 23.4 Å². The van der Waals surface area contributed by atoms with E-state index < -0.39 is 18.9 Å². The summed E-state index contributed by atoms with van der Waals surface area (Å²) in [5.74, 6) is 0. The highest BCUT2D eigenvalue weighted by Gasteiger charge is 2.40. The Morgan fingerprint density at radius 1 is 1.33 bits per heavy atom. The quantitative estimate of drug-likeness (QED) is 0.876. The molecule has 0 bridgehead atoms. The third-order valence-electron chi connectivity index (χ3n) is 1.88. The molecule has 1 rings (SSSR count). The Bertz CT molecular complexity index is 352. The van der Waals surface area contributed by atoms with Gasteiger partial charge in [-0.25, -0.2) is 0 Å². The fourth-order valence-electron chi connectivity index (χ4n) is 1.14. The van der Waals surface area contributed by atoms with Gasteiger partial charge in [-0.3, -0.25) is 0 Å². The normalized spacial score (nSPS) is 14.0. The van der Waals surface area contributed by atoms with Gasteiger partial charge in [-0.2, -0.15) is 13.2 Å². The minimum absolute atomic E-state index is 0.0584. The van der Waals surface area contributed by atoms with Crippen LogP contribution < -0.4 is 0 Å². The van der Waals surface area contributed by atoms with E-state index in [1.807, 2.05) is 0 Å². The molecule has 0 aliphatic rings. The lowest BCUT2D eigenvalue weighted by Gasteiger charge is -2.17. The Labute approximate surface area is 92.5 Å². The van der Waals surface area contributed by atoms with Crippen LogP contribution in [0.1, 0.15) is 17.2 Å². The molecular formula is C9H8BrF3O2. The van der Waals surface area contributed by atoms with Gasteiger partial charge in [0.05, 0.1) is 6.61 Å². The van der Waals surface area contributed by atoms with Crippen LogP contribution in [-0.4, -0.2) is 16.4 Å². The van der Waals surface area contributed by atoms with E-state index in [9.17, 15) is 13.2 Å². The van der Waals surface area contributed by atoms with Crippen molar-refractivity contribution in [1.82, 2.24) is 0 Å². The maximum Gasteiger partial charge on any atom is 0.418 e. The lowest BCUT2D eigenvalue weighted by atomic mass is 10.0. The number of hydrogen-bond donors (Lipinski definition) is 2. The van der Waals surface area contributed by atoms with Crippen LogP contribution in [0.4, 0.5) is 13.2 Å². The minimum Gasteiger partial charge on any atom is -0.392 e. The van der Waals surface area contributed by atoms with E-state index in [0.717, 1.165) is 6.07 Å². The smallest absolute Gasteiger partial charge is 0.392 e. The molecule has 0 saturated heterocycles. The van der Waals surface area contributed by atoms with E-state index in [1.165, 1.54) is 12.1 Å². The van der Waals surface area contributed by atoms with Crippen LogP contribution >= 0.6 is 15.9 Å². The van der Waals surface area contributed by atoms with Crippen molar-refractivity contribution in [3.8, 4) is 0 Å². The van der Waals surface area contributed by atoms with E-state index in [-0.39, 0.29) is 11.1 Å². The van der Waals surface area contributed by atoms with Crippen molar-refractivity contribution in [3.63, 3.8) is 0 Å². The van der Waals surface area contributed by atoms with E-state index in [4.69, 9.17) is 10.2 Å². The molecule has 0 aliphatic heterocycles. The largest absolute Gasteiger partial charge is 0.418 e. The fourth-order valence-corrected chi connectivity index (χ4v) is 1.52. The van der Waals surface area contributed by atoms with Gasteiger partial charge in [-0.05, 0) is 23.3 Å². The number of halogens is 4. The molecule has 84 valence electrons. The van der Waals surface area contributed by atoms with Crippen molar-refractivity contribution in [2.45, 2.75) is 18.9 Å². The second-order valence-corrected chi connectivity index (χ2v) is 3.86. The molecule has 1 atom stereocenters. The summed E-state index contributed by atoms with van der Waals surface area (Å²) < 4.78 is 37.1. The third-order valence-corrected chi connectivity index (χ3v) is 2.38. The molecule has 0 saturated carbocycles. The number of alkyl halides is 3. The first-order valence-corrected chi connectivity index (χ1v) is 4.79. The Morgan fingerprint density at radius 3 is 2.40 bits per heavy atom. The maximum atomic E-state index is 12.2. The Morgan fingerprint density at radius 2 is 1.93 bits per heavy atom. The van der Waals surface area contributed by atoms with Crippen molar-refractivity contribution in [1.29, 1.82) is 0 Å². The highest BCUT2D eigenvalue weighted by molar-refractivity contribution is 9.10. The van der Waals surface area contributed by atoms with Crippen LogP contribution in [-0.2, 0) is 6.61 Å². The number of aliphatic hydroxyl groups excluding tert-OH is 2. The van der Waals surface area contributed by atoms with Gasteiger partial charge in [0.25, 0.3) is 0 Å². The van der Waals surface area contributed by atoms with Crippen molar-refractivity contribution in [3.05, 3.63) is 33.8 Å². The van der Waals surface area contributed by atoms with E-state index in [2.05, 4.69) is 15.9 Å². The van der Waals surface area contributed by atoms with Gasteiger partial charge in [0.15, 0.2) is 6.10 Å². The van der Waals surface area contributed by atoms with Crippen molar-refractivity contribution in [2.24, 2.45) is 0 Å². The fraction of sp³-hybridized carbons (Fsp3) is 0.333.